The van der Waals surface area contributed by atoms with E-state index in [-0.39, 0.29) is 18.4 Å². The SMILES string of the molecule is O=C(Cc1ccncc1)NCCc1nc2ccccc2n1CC(=O)Nc1ccc2c(c1)CCC2. The molecule has 0 bridgehead atoms. The van der Waals surface area contributed by atoms with Gasteiger partial charge in [0.15, 0.2) is 0 Å². The first-order chi connectivity index (χ1) is 16.7. The fourth-order valence-electron chi connectivity index (χ4n) is 4.55. The van der Waals surface area contributed by atoms with Gasteiger partial charge in [0.2, 0.25) is 11.8 Å². The summed E-state index contributed by atoms with van der Waals surface area (Å²) in [6.07, 6.45) is 7.56. The Kier molecular flexibility index (Phi) is 6.33. The first-order valence-corrected chi connectivity index (χ1v) is 11.7. The number of hydrogen-bond acceptors (Lipinski definition) is 4. The molecule has 0 fully saturated rings. The Morgan fingerprint density at radius 2 is 1.76 bits per heavy atom. The number of benzene rings is 2. The van der Waals surface area contributed by atoms with Crippen LogP contribution in [0.2, 0.25) is 0 Å². The van der Waals surface area contributed by atoms with Crippen LogP contribution >= 0.6 is 0 Å². The molecule has 4 aromatic rings. The number of aryl methyl sites for hydroxylation is 2. The average Bonchev–Trinajstić information content (AvgIpc) is 3.44. The zero-order valence-electron chi connectivity index (χ0n) is 19.0. The van der Waals surface area contributed by atoms with Gasteiger partial charge in [-0.1, -0.05) is 18.2 Å². The van der Waals surface area contributed by atoms with E-state index in [4.69, 9.17) is 4.98 Å². The fraction of sp³-hybridized carbons (Fsp3) is 0.259. The zero-order valence-corrected chi connectivity index (χ0v) is 19.0. The first kappa shape index (κ1) is 21.8. The topological polar surface area (TPSA) is 88.9 Å². The smallest absolute Gasteiger partial charge is 0.244 e. The Morgan fingerprint density at radius 3 is 2.65 bits per heavy atom. The van der Waals surface area contributed by atoms with Crippen LogP contribution in [0.1, 0.15) is 28.9 Å². The Hall–Kier alpha value is -4.00. The Labute approximate surface area is 198 Å². The van der Waals surface area contributed by atoms with Crippen molar-refractivity contribution in [3.05, 3.63) is 89.5 Å². The van der Waals surface area contributed by atoms with Crippen molar-refractivity contribution in [2.75, 3.05) is 11.9 Å². The standard InChI is InChI=1S/C27H27N5O2/c33-26(16-19-10-13-28-14-11-19)29-15-12-25-31-23-6-1-2-7-24(23)32(25)18-27(34)30-22-9-8-20-4-3-5-21(20)17-22/h1-2,6-11,13-14,17H,3-5,12,15-16,18H2,(H,29,33)(H,30,34). The number of anilines is 1. The molecule has 0 saturated carbocycles. The lowest BCUT2D eigenvalue weighted by molar-refractivity contribution is -0.120. The van der Waals surface area contributed by atoms with E-state index >= 15 is 0 Å². The molecule has 2 aromatic carbocycles. The van der Waals surface area contributed by atoms with Gasteiger partial charge < -0.3 is 15.2 Å². The third-order valence-corrected chi connectivity index (χ3v) is 6.20. The van der Waals surface area contributed by atoms with Gasteiger partial charge in [-0.25, -0.2) is 4.98 Å². The van der Waals surface area contributed by atoms with E-state index in [9.17, 15) is 9.59 Å². The van der Waals surface area contributed by atoms with E-state index in [0.717, 1.165) is 41.0 Å². The van der Waals surface area contributed by atoms with Crippen molar-refractivity contribution in [3.8, 4) is 0 Å². The fourth-order valence-corrected chi connectivity index (χ4v) is 4.55. The van der Waals surface area contributed by atoms with Gasteiger partial charge in [0.25, 0.3) is 0 Å². The summed E-state index contributed by atoms with van der Waals surface area (Å²) in [5.74, 6) is 0.627. The van der Waals surface area contributed by atoms with E-state index in [1.807, 2.05) is 47.0 Å². The lowest BCUT2D eigenvalue weighted by Crippen LogP contribution is -2.28. The summed E-state index contributed by atoms with van der Waals surface area (Å²) in [6, 6.07) is 17.6. The number of rotatable bonds is 8. The minimum absolute atomic E-state index is 0.0526. The number of hydrogen-bond donors (Lipinski definition) is 2. The largest absolute Gasteiger partial charge is 0.355 e. The molecule has 0 saturated heterocycles. The molecule has 2 aromatic heterocycles. The van der Waals surface area contributed by atoms with Crippen LogP contribution in [0.4, 0.5) is 5.69 Å². The Bertz CT molecular complexity index is 1330. The molecule has 0 radical (unpaired) electrons. The molecular weight excluding hydrogens is 426 g/mol. The van der Waals surface area contributed by atoms with Crippen molar-refractivity contribution in [1.82, 2.24) is 19.9 Å². The number of aromatic nitrogens is 3. The number of fused-ring (bicyclic) bond motifs is 2. The summed E-state index contributed by atoms with van der Waals surface area (Å²) in [4.78, 5) is 33.9. The van der Waals surface area contributed by atoms with Gasteiger partial charge in [0.05, 0.1) is 17.5 Å². The summed E-state index contributed by atoms with van der Waals surface area (Å²) < 4.78 is 1.94. The lowest BCUT2D eigenvalue weighted by atomic mass is 10.1. The molecule has 5 rings (SSSR count). The molecule has 1 aliphatic carbocycles. The number of nitrogens with zero attached hydrogens (tertiary/aromatic N) is 3. The van der Waals surface area contributed by atoms with Crippen molar-refractivity contribution < 1.29 is 9.59 Å². The third-order valence-electron chi connectivity index (χ3n) is 6.20. The van der Waals surface area contributed by atoms with E-state index in [0.29, 0.717) is 19.4 Å². The Morgan fingerprint density at radius 1 is 0.941 bits per heavy atom. The van der Waals surface area contributed by atoms with Gasteiger partial charge in [-0.3, -0.25) is 14.6 Å². The van der Waals surface area contributed by atoms with Crippen LogP contribution < -0.4 is 10.6 Å². The van der Waals surface area contributed by atoms with Crippen LogP contribution in [-0.4, -0.2) is 32.9 Å². The highest BCUT2D eigenvalue weighted by atomic mass is 16.2. The number of pyridine rings is 1. The van der Waals surface area contributed by atoms with Gasteiger partial charge >= 0.3 is 0 Å². The average molecular weight is 454 g/mol. The van der Waals surface area contributed by atoms with Crippen molar-refractivity contribution in [2.24, 2.45) is 0 Å². The van der Waals surface area contributed by atoms with Crippen molar-refractivity contribution in [3.63, 3.8) is 0 Å². The molecule has 1 aliphatic rings. The summed E-state index contributed by atoms with van der Waals surface area (Å²) in [6.45, 7) is 0.609. The highest BCUT2D eigenvalue weighted by Gasteiger charge is 2.16. The van der Waals surface area contributed by atoms with Crippen molar-refractivity contribution in [2.45, 2.75) is 38.6 Å². The molecule has 0 unspecified atom stereocenters. The zero-order chi connectivity index (χ0) is 23.3. The number of carbonyl (C=O) groups excluding carboxylic acids is 2. The summed E-state index contributed by atoms with van der Waals surface area (Å²) in [5.41, 5.74) is 6.21. The highest BCUT2D eigenvalue weighted by molar-refractivity contribution is 5.92. The van der Waals surface area contributed by atoms with Crippen molar-refractivity contribution in [1.29, 1.82) is 0 Å². The maximum Gasteiger partial charge on any atom is 0.244 e. The molecule has 0 spiro atoms. The summed E-state index contributed by atoms with van der Waals surface area (Å²) in [5, 5.41) is 6.00. The predicted molar refractivity (Wildman–Crippen MR) is 131 cm³/mol. The molecule has 172 valence electrons. The number of imidazole rings is 1. The molecule has 0 atom stereocenters. The number of nitrogens with one attached hydrogen (secondary N) is 2. The Balaban J connectivity index is 1.25. The minimum Gasteiger partial charge on any atom is -0.355 e. The molecule has 2 N–H and O–H groups in total. The number of para-hydroxylation sites is 2. The summed E-state index contributed by atoms with van der Waals surface area (Å²) >= 11 is 0. The quantitative estimate of drug-likeness (QED) is 0.428. The molecule has 34 heavy (non-hydrogen) atoms. The second-order valence-electron chi connectivity index (χ2n) is 8.62. The second kappa shape index (κ2) is 9.87. The van der Waals surface area contributed by atoms with Gasteiger partial charge in [-0.2, -0.15) is 0 Å². The predicted octanol–water partition coefficient (Wildman–Crippen LogP) is 3.46. The van der Waals surface area contributed by atoms with Crippen LogP contribution in [0.3, 0.4) is 0 Å². The maximum absolute atomic E-state index is 12.9. The van der Waals surface area contributed by atoms with Crippen LogP contribution in [0.15, 0.2) is 67.0 Å². The van der Waals surface area contributed by atoms with E-state index in [1.165, 1.54) is 17.5 Å². The molecule has 0 aliphatic heterocycles. The third kappa shape index (κ3) is 4.98. The van der Waals surface area contributed by atoms with Crippen LogP contribution in [0.5, 0.6) is 0 Å². The van der Waals surface area contributed by atoms with E-state index in [2.05, 4.69) is 27.8 Å². The summed E-state index contributed by atoms with van der Waals surface area (Å²) in [7, 11) is 0. The van der Waals surface area contributed by atoms with Crippen LogP contribution in [0, 0.1) is 0 Å². The minimum atomic E-state index is -0.0935. The maximum atomic E-state index is 12.9. The second-order valence-corrected chi connectivity index (χ2v) is 8.62. The lowest BCUT2D eigenvalue weighted by Gasteiger charge is -2.11. The highest BCUT2D eigenvalue weighted by Crippen LogP contribution is 2.25. The van der Waals surface area contributed by atoms with E-state index in [1.54, 1.807) is 12.4 Å². The molecular formula is C27H27N5O2. The molecule has 2 heterocycles. The molecule has 2 amide bonds. The monoisotopic (exact) mass is 453 g/mol. The van der Waals surface area contributed by atoms with Gasteiger partial charge in [0, 0.05) is 31.0 Å². The number of carbonyl (C=O) groups is 2. The molecule has 7 heteroatoms. The van der Waals surface area contributed by atoms with Gasteiger partial charge in [-0.15, -0.1) is 0 Å². The van der Waals surface area contributed by atoms with Crippen LogP contribution in [-0.2, 0) is 41.8 Å². The van der Waals surface area contributed by atoms with E-state index < -0.39 is 0 Å². The van der Waals surface area contributed by atoms with Gasteiger partial charge in [0.1, 0.15) is 12.4 Å². The normalized spacial score (nSPS) is 12.5. The van der Waals surface area contributed by atoms with Crippen molar-refractivity contribution >= 4 is 28.5 Å². The first-order valence-electron chi connectivity index (χ1n) is 11.7. The van der Waals surface area contributed by atoms with Gasteiger partial charge in [-0.05, 0) is 72.4 Å². The molecule has 7 nitrogen and oxygen atoms in total. The van der Waals surface area contributed by atoms with Crippen LogP contribution in [0.25, 0.3) is 11.0 Å². The number of amides is 2.